The molecule has 0 aliphatic rings. The number of alkyl halides is 3. The normalized spacial score (nSPS) is 11.5. The van der Waals surface area contributed by atoms with Gasteiger partial charge in [0.25, 0.3) is 0 Å². The van der Waals surface area contributed by atoms with Crippen molar-refractivity contribution in [3.8, 4) is 0 Å². The molecule has 0 saturated carbocycles. The van der Waals surface area contributed by atoms with Crippen molar-refractivity contribution >= 4 is 11.6 Å². The summed E-state index contributed by atoms with van der Waals surface area (Å²) >= 11 is 0. The number of rotatable bonds is 4. The third kappa shape index (κ3) is 3.48. The molecule has 1 N–H and O–H groups in total. The summed E-state index contributed by atoms with van der Waals surface area (Å²) in [6.45, 7) is 2.22. The van der Waals surface area contributed by atoms with E-state index in [9.17, 15) is 13.2 Å². The highest BCUT2D eigenvalue weighted by Crippen LogP contribution is 2.33. The number of nitrogens with zero attached hydrogens (tertiary/aromatic N) is 2. The molecule has 0 spiro atoms. The van der Waals surface area contributed by atoms with Crippen molar-refractivity contribution in [2.75, 3.05) is 24.3 Å². The molecule has 0 bridgehead atoms. The van der Waals surface area contributed by atoms with E-state index >= 15 is 0 Å². The van der Waals surface area contributed by atoms with Crippen LogP contribution in [-0.4, -0.2) is 19.1 Å². The molecule has 2 aromatic heterocycles. The zero-order valence-corrected chi connectivity index (χ0v) is 12.0. The molecule has 2 rings (SSSR count). The van der Waals surface area contributed by atoms with E-state index in [1.165, 1.54) is 7.05 Å². The maximum absolute atomic E-state index is 12.9. The Morgan fingerprint density at radius 1 is 1.33 bits per heavy atom. The van der Waals surface area contributed by atoms with Gasteiger partial charge in [-0.25, -0.2) is 4.98 Å². The van der Waals surface area contributed by atoms with Crippen molar-refractivity contribution in [1.29, 1.82) is 0 Å². The Kier molecular flexibility index (Phi) is 4.11. The molecule has 0 amide bonds. The van der Waals surface area contributed by atoms with Crippen molar-refractivity contribution in [3.63, 3.8) is 0 Å². The first-order valence-electron chi connectivity index (χ1n) is 6.32. The first-order valence-corrected chi connectivity index (χ1v) is 6.32. The molecular formula is C14H16F3N3O. The molecule has 21 heavy (non-hydrogen) atoms. The van der Waals surface area contributed by atoms with Gasteiger partial charge in [-0.2, -0.15) is 13.2 Å². The standard InChI is InChI=1S/C14H16F3N3O/c1-9-10(4-5-21-9)8-20(3)13-7-11(14(15,16)17)6-12(18-2)19-13/h4-7H,8H2,1-3H3,(H,18,19). The van der Waals surface area contributed by atoms with Gasteiger partial charge in [0, 0.05) is 26.2 Å². The third-order valence-electron chi connectivity index (χ3n) is 3.16. The predicted molar refractivity (Wildman–Crippen MR) is 74.3 cm³/mol. The van der Waals surface area contributed by atoms with Crippen LogP contribution in [0.5, 0.6) is 0 Å². The second kappa shape index (κ2) is 5.67. The quantitative estimate of drug-likeness (QED) is 0.935. The average molecular weight is 299 g/mol. The highest BCUT2D eigenvalue weighted by atomic mass is 19.4. The second-order valence-electron chi connectivity index (χ2n) is 4.71. The largest absolute Gasteiger partial charge is 0.469 e. The number of aryl methyl sites for hydroxylation is 1. The van der Waals surface area contributed by atoms with Crippen molar-refractivity contribution in [3.05, 3.63) is 41.3 Å². The molecule has 0 aliphatic heterocycles. The van der Waals surface area contributed by atoms with Gasteiger partial charge in [0.1, 0.15) is 17.4 Å². The van der Waals surface area contributed by atoms with Crippen LogP contribution in [0, 0.1) is 6.92 Å². The topological polar surface area (TPSA) is 41.3 Å². The van der Waals surface area contributed by atoms with Gasteiger partial charge in [-0.05, 0) is 25.1 Å². The Morgan fingerprint density at radius 3 is 2.57 bits per heavy atom. The van der Waals surface area contributed by atoms with E-state index in [0.717, 1.165) is 23.5 Å². The van der Waals surface area contributed by atoms with Gasteiger partial charge in [0.05, 0.1) is 11.8 Å². The summed E-state index contributed by atoms with van der Waals surface area (Å²) in [5.74, 6) is 1.16. The van der Waals surface area contributed by atoms with E-state index in [2.05, 4.69) is 10.3 Å². The average Bonchev–Trinajstić information content (AvgIpc) is 2.82. The van der Waals surface area contributed by atoms with E-state index in [1.807, 2.05) is 6.92 Å². The van der Waals surface area contributed by atoms with E-state index < -0.39 is 11.7 Å². The van der Waals surface area contributed by atoms with Crippen LogP contribution in [0.25, 0.3) is 0 Å². The summed E-state index contributed by atoms with van der Waals surface area (Å²) in [6.07, 6.45) is -2.85. The molecule has 0 saturated heterocycles. The zero-order chi connectivity index (χ0) is 15.6. The van der Waals surface area contributed by atoms with Gasteiger partial charge in [-0.15, -0.1) is 0 Å². The third-order valence-corrected chi connectivity index (χ3v) is 3.16. The summed E-state index contributed by atoms with van der Waals surface area (Å²) < 4.78 is 43.9. The smallest absolute Gasteiger partial charge is 0.416 e. The lowest BCUT2D eigenvalue weighted by Gasteiger charge is -2.20. The van der Waals surface area contributed by atoms with Crippen LogP contribution in [0.1, 0.15) is 16.9 Å². The van der Waals surface area contributed by atoms with Crippen LogP contribution in [0.15, 0.2) is 28.9 Å². The van der Waals surface area contributed by atoms with E-state index in [0.29, 0.717) is 6.54 Å². The molecule has 114 valence electrons. The number of anilines is 2. The fraction of sp³-hybridized carbons (Fsp3) is 0.357. The first-order chi connectivity index (χ1) is 9.81. The SMILES string of the molecule is CNc1cc(C(F)(F)F)cc(N(C)Cc2ccoc2C)n1. The van der Waals surface area contributed by atoms with E-state index in [4.69, 9.17) is 4.42 Å². The molecule has 7 heteroatoms. The summed E-state index contributed by atoms with van der Waals surface area (Å²) in [4.78, 5) is 5.81. The molecule has 0 aliphatic carbocycles. The lowest BCUT2D eigenvalue weighted by Crippen LogP contribution is -2.19. The Hall–Kier alpha value is -2.18. The molecule has 0 radical (unpaired) electrons. The fourth-order valence-corrected chi connectivity index (χ4v) is 1.92. The molecule has 0 fully saturated rings. The minimum atomic E-state index is -4.41. The Bertz CT molecular complexity index is 622. The maximum atomic E-state index is 12.9. The predicted octanol–water partition coefficient (Wildman–Crippen LogP) is 3.68. The summed E-state index contributed by atoms with van der Waals surface area (Å²) in [5.41, 5.74) is 0.176. The molecule has 4 nitrogen and oxygen atoms in total. The van der Waals surface area contributed by atoms with Crippen LogP contribution in [0.3, 0.4) is 0 Å². The number of halogens is 3. The molecular weight excluding hydrogens is 283 g/mol. The number of pyridine rings is 1. The van der Waals surface area contributed by atoms with Gasteiger partial charge in [-0.1, -0.05) is 0 Å². The monoisotopic (exact) mass is 299 g/mol. The van der Waals surface area contributed by atoms with Crippen LogP contribution < -0.4 is 10.2 Å². The minimum Gasteiger partial charge on any atom is -0.469 e. The highest BCUT2D eigenvalue weighted by molar-refractivity contribution is 5.51. The Morgan fingerprint density at radius 2 is 2.05 bits per heavy atom. The van der Waals surface area contributed by atoms with Gasteiger partial charge in [0.2, 0.25) is 0 Å². The number of hydrogen-bond donors (Lipinski definition) is 1. The van der Waals surface area contributed by atoms with Gasteiger partial charge < -0.3 is 14.6 Å². The van der Waals surface area contributed by atoms with Crippen LogP contribution >= 0.6 is 0 Å². The van der Waals surface area contributed by atoms with Crippen molar-refractivity contribution in [2.45, 2.75) is 19.6 Å². The van der Waals surface area contributed by atoms with Crippen LogP contribution in [0.4, 0.5) is 24.8 Å². The Labute approximate surface area is 120 Å². The van der Waals surface area contributed by atoms with Crippen molar-refractivity contribution in [1.82, 2.24) is 4.98 Å². The van der Waals surface area contributed by atoms with Crippen molar-refractivity contribution in [2.24, 2.45) is 0 Å². The van der Waals surface area contributed by atoms with Gasteiger partial charge >= 0.3 is 6.18 Å². The Balaban J connectivity index is 2.32. The number of nitrogens with one attached hydrogen (secondary N) is 1. The first kappa shape index (κ1) is 15.2. The van der Waals surface area contributed by atoms with Crippen LogP contribution in [-0.2, 0) is 12.7 Å². The van der Waals surface area contributed by atoms with Crippen molar-refractivity contribution < 1.29 is 17.6 Å². The van der Waals surface area contributed by atoms with E-state index in [-0.39, 0.29) is 11.6 Å². The second-order valence-corrected chi connectivity index (χ2v) is 4.71. The summed E-state index contributed by atoms with van der Waals surface area (Å²) in [6, 6.07) is 3.81. The molecule has 0 unspecified atom stereocenters. The lowest BCUT2D eigenvalue weighted by atomic mass is 10.2. The minimum absolute atomic E-state index is 0.176. The number of aromatic nitrogens is 1. The molecule has 2 aromatic rings. The van der Waals surface area contributed by atoms with Gasteiger partial charge in [-0.3, -0.25) is 0 Å². The molecule has 0 atom stereocenters. The summed E-state index contributed by atoms with van der Waals surface area (Å²) in [7, 11) is 3.22. The molecule has 0 aromatic carbocycles. The number of hydrogen-bond acceptors (Lipinski definition) is 4. The van der Waals surface area contributed by atoms with Crippen LogP contribution in [0.2, 0.25) is 0 Å². The highest BCUT2D eigenvalue weighted by Gasteiger charge is 2.32. The zero-order valence-electron chi connectivity index (χ0n) is 12.0. The fourth-order valence-electron chi connectivity index (χ4n) is 1.92. The summed E-state index contributed by atoms with van der Waals surface area (Å²) in [5, 5.41) is 2.65. The maximum Gasteiger partial charge on any atom is 0.416 e. The molecule has 2 heterocycles. The van der Waals surface area contributed by atoms with E-state index in [1.54, 1.807) is 24.3 Å². The van der Waals surface area contributed by atoms with Gasteiger partial charge in [0.15, 0.2) is 0 Å². The number of furan rings is 1. The lowest BCUT2D eigenvalue weighted by molar-refractivity contribution is -0.137.